The smallest absolute Gasteiger partial charge is 0.422 e. The summed E-state index contributed by atoms with van der Waals surface area (Å²) in [7, 11) is 1.33. The molecule has 1 aliphatic carbocycles. The number of carbonyl (C=O) groups is 4. The fourth-order valence-corrected chi connectivity index (χ4v) is 3.88. The lowest BCUT2D eigenvalue weighted by Crippen LogP contribution is -2.41. The van der Waals surface area contributed by atoms with Crippen molar-refractivity contribution in [2.45, 2.75) is 24.6 Å². The van der Waals surface area contributed by atoms with Crippen LogP contribution in [0.4, 0.5) is 30.8 Å². The number of ether oxygens (including phenoxy) is 1. The highest BCUT2D eigenvalue weighted by atomic mass is 35.5. The van der Waals surface area contributed by atoms with Crippen LogP contribution in [-0.2, 0) is 19.9 Å². The first kappa shape index (κ1) is 37.6. The Morgan fingerprint density at radius 2 is 1.53 bits per heavy atom. The van der Waals surface area contributed by atoms with Gasteiger partial charge in [-0.2, -0.15) is 28.1 Å². The summed E-state index contributed by atoms with van der Waals surface area (Å²) in [6, 6.07) is 12.8. The summed E-state index contributed by atoms with van der Waals surface area (Å²) < 4.78 is 43.2. The second-order valence-corrected chi connectivity index (χ2v) is 9.72. The number of hydrogen-bond donors (Lipinski definition) is 6. The molecule has 2 aromatic carbocycles. The summed E-state index contributed by atoms with van der Waals surface area (Å²) in [5.74, 6) is -2.11. The van der Waals surface area contributed by atoms with Gasteiger partial charge in [0, 0.05) is 36.4 Å². The maximum atomic E-state index is 12.8. The van der Waals surface area contributed by atoms with Crippen molar-refractivity contribution in [1.82, 2.24) is 30.9 Å². The number of nitrogens with one attached hydrogen (secondary N) is 5. The van der Waals surface area contributed by atoms with Crippen molar-refractivity contribution < 1.29 is 42.2 Å². The monoisotopic (exact) mass is 678 g/mol. The summed E-state index contributed by atoms with van der Waals surface area (Å²) >= 11 is 5.99. The van der Waals surface area contributed by atoms with Crippen LogP contribution in [0.5, 0.6) is 6.01 Å². The first-order valence-electron chi connectivity index (χ1n) is 13.4. The standard InChI is InChI=1S/C26H26ClF3N8O4.C2H2.CH2O2/c1-31-20(40)21(41)33-13-12-32-19(39)15-2-8-18(9-3-15)34-22-35-23(37-24(36-22)42-14-26(28,29)30)38-25(10-11-25)16-4-6-17(27)7-5-16;1-2;2-1-3/h2-9H,10-14H2,1H3,(H,31,40)(H,32,39)(H,33,41)(H2,34,35,36,37,38);1-2H;1H,(H,2,3). The predicted molar refractivity (Wildman–Crippen MR) is 165 cm³/mol. The number of aromatic nitrogens is 3. The van der Waals surface area contributed by atoms with E-state index in [2.05, 4.69) is 54.4 Å². The molecule has 0 unspecified atom stereocenters. The van der Waals surface area contributed by atoms with E-state index in [1.54, 1.807) is 24.3 Å². The van der Waals surface area contributed by atoms with E-state index in [1.807, 2.05) is 12.1 Å². The highest BCUT2D eigenvalue weighted by molar-refractivity contribution is 6.35. The molecule has 3 amide bonds. The Hall–Kier alpha value is -5.63. The Kier molecular flexibility index (Phi) is 14.2. The van der Waals surface area contributed by atoms with Gasteiger partial charge in [0.25, 0.3) is 12.4 Å². The minimum Gasteiger partial charge on any atom is -0.483 e. The SMILES string of the molecule is C#C.CNC(=O)C(=O)NCCNC(=O)c1ccc(Nc2nc(NC3(c4ccc(Cl)cc4)CC3)nc(OCC(F)(F)F)n2)cc1.O=CO. The number of carbonyl (C=O) groups excluding carboxylic acids is 3. The number of terminal acetylenes is 1. The van der Waals surface area contributed by atoms with Crippen LogP contribution in [0.1, 0.15) is 28.8 Å². The summed E-state index contributed by atoms with van der Waals surface area (Å²) in [5.41, 5.74) is 1.14. The van der Waals surface area contributed by atoms with E-state index < -0.39 is 42.1 Å². The number of amides is 3. The van der Waals surface area contributed by atoms with Crippen LogP contribution in [0.3, 0.4) is 0 Å². The quantitative estimate of drug-likeness (QED) is 0.0755. The van der Waals surface area contributed by atoms with E-state index in [9.17, 15) is 27.6 Å². The van der Waals surface area contributed by atoms with Gasteiger partial charge in [0.05, 0.1) is 5.54 Å². The van der Waals surface area contributed by atoms with Crippen LogP contribution in [-0.4, -0.2) is 77.2 Å². The van der Waals surface area contributed by atoms with Gasteiger partial charge in [-0.1, -0.05) is 23.7 Å². The Morgan fingerprint density at radius 3 is 2.09 bits per heavy atom. The number of benzene rings is 2. The number of anilines is 3. The van der Waals surface area contributed by atoms with Gasteiger partial charge in [-0.05, 0) is 54.8 Å². The lowest BCUT2D eigenvalue weighted by atomic mass is 10.1. The van der Waals surface area contributed by atoms with E-state index in [0.29, 0.717) is 16.3 Å². The number of alkyl halides is 3. The summed E-state index contributed by atoms with van der Waals surface area (Å²) in [4.78, 5) is 55.6. The van der Waals surface area contributed by atoms with Crippen molar-refractivity contribution >= 4 is 53.4 Å². The third kappa shape index (κ3) is 12.4. The van der Waals surface area contributed by atoms with Crippen molar-refractivity contribution in [3.63, 3.8) is 0 Å². The highest BCUT2D eigenvalue weighted by Crippen LogP contribution is 2.48. The average molecular weight is 679 g/mol. The number of rotatable bonds is 11. The molecular weight excluding hydrogens is 649 g/mol. The number of halogens is 4. The largest absolute Gasteiger partial charge is 0.483 e. The van der Waals surface area contributed by atoms with Gasteiger partial charge in [-0.25, -0.2) is 0 Å². The van der Waals surface area contributed by atoms with Crippen LogP contribution >= 0.6 is 11.6 Å². The molecule has 3 aromatic rings. The number of carboxylic acid groups (broad SMARTS) is 1. The minimum absolute atomic E-state index is 0.0108. The molecular formula is C29H30ClF3N8O6. The molecule has 0 aliphatic heterocycles. The van der Waals surface area contributed by atoms with Crippen molar-refractivity contribution in [2.24, 2.45) is 0 Å². The molecule has 1 aromatic heterocycles. The van der Waals surface area contributed by atoms with Gasteiger partial charge in [0.1, 0.15) is 0 Å². The Labute approximate surface area is 271 Å². The van der Waals surface area contributed by atoms with Gasteiger partial charge < -0.3 is 36.4 Å². The van der Waals surface area contributed by atoms with Crippen LogP contribution < -0.4 is 31.3 Å². The average Bonchev–Trinajstić information content (AvgIpc) is 3.83. The molecule has 0 radical (unpaired) electrons. The molecule has 47 heavy (non-hydrogen) atoms. The zero-order valence-electron chi connectivity index (χ0n) is 24.7. The third-order valence-corrected chi connectivity index (χ3v) is 6.26. The number of nitrogens with zero attached hydrogens (tertiary/aromatic N) is 3. The molecule has 0 bridgehead atoms. The Bertz CT molecular complexity index is 1540. The number of hydrogen-bond acceptors (Lipinski definition) is 10. The van der Waals surface area contributed by atoms with Gasteiger partial charge >= 0.3 is 24.0 Å². The van der Waals surface area contributed by atoms with Crippen molar-refractivity contribution in [2.75, 3.05) is 37.4 Å². The molecule has 18 heteroatoms. The van der Waals surface area contributed by atoms with Crippen molar-refractivity contribution in [1.29, 1.82) is 0 Å². The molecule has 250 valence electrons. The highest BCUT2D eigenvalue weighted by Gasteiger charge is 2.45. The normalized spacial score (nSPS) is 12.3. The third-order valence-electron chi connectivity index (χ3n) is 6.01. The van der Waals surface area contributed by atoms with Crippen LogP contribution in [0.2, 0.25) is 5.02 Å². The lowest BCUT2D eigenvalue weighted by molar-refractivity contribution is -0.154. The van der Waals surface area contributed by atoms with Gasteiger partial charge in [0.15, 0.2) is 6.61 Å². The minimum atomic E-state index is -4.60. The maximum Gasteiger partial charge on any atom is 0.422 e. The second kappa shape index (κ2) is 17.8. The van der Waals surface area contributed by atoms with E-state index in [0.717, 1.165) is 18.4 Å². The van der Waals surface area contributed by atoms with Crippen molar-refractivity contribution in [3.05, 3.63) is 64.7 Å². The fraction of sp³-hybridized carbons (Fsp3) is 0.276. The molecule has 0 spiro atoms. The Morgan fingerprint density at radius 1 is 0.957 bits per heavy atom. The van der Waals surface area contributed by atoms with Gasteiger partial charge in [0.2, 0.25) is 11.9 Å². The molecule has 14 nitrogen and oxygen atoms in total. The molecule has 0 saturated heterocycles. The number of likely N-dealkylation sites (N-methyl/N-ethyl adjacent to an activating group) is 1. The zero-order chi connectivity index (χ0) is 35.0. The zero-order valence-corrected chi connectivity index (χ0v) is 25.5. The fourth-order valence-electron chi connectivity index (χ4n) is 3.75. The molecule has 1 aliphatic rings. The first-order chi connectivity index (χ1) is 22.4. The van der Waals surface area contributed by atoms with Gasteiger partial charge in [-0.3, -0.25) is 19.2 Å². The van der Waals surface area contributed by atoms with Gasteiger partial charge in [-0.15, -0.1) is 12.8 Å². The van der Waals surface area contributed by atoms with E-state index >= 15 is 0 Å². The summed E-state index contributed by atoms with van der Waals surface area (Å²) in [6.45, 7) is -1.71. The van der Waals surface area contributed by atoms with Crippen molar-refractivity contribution in [3.8, 4) is 18.9 Å². The summed E-state index contributed by atoms with van der Waals surface area (Å²) in [5, 5.41) is 20.7. The van der Waals surface area contributed by atoms with E-state index in [1.165, 1.54) is 19.2 Å². The molecule has 1 heterocycles. The molecule has 1 fully saturated rings. The maximum absolute atomic E-state index is 12.8. The van der Waals surface area contributed by atoms with Crippen LogP contribution in [0, 0.1) is 12.8 Å². The Balaban J connectivity index is 0.00000145. The molecule has 4 rings (SSSR count). The lowest BCUT2D eigenvalue weighted by Gasteiger charge is -2.19. The summed E-state index contributed by atoms with van der Waals surface area (Å²) in [6.07, 6.45) is 4.89. The molecule has 6 N–H and O–H groups in total. The van der Waals surface area contributed by atoms with E-state index in [4.69, 9.17) is 26.2 Å². The predicted octanol–water partition coefficient (Wildman–Crippen LogP) is 2.85. The van der Waals surface area contributed by atoms with Crippen LogP contribution in [0.25, 0.3) is 0 Å². The molecule has 1 saturated carbocycles. The second-order valence-electron chi connectivity index (χ2n) is 9.28. The van der Waals surface area contributed by atoms with Crippen LogP contribution in [0.15, 0.2) is 48.5 Å². The van der Waals surface area contributed by atoms with E-state index in [-0.39, 0.29) is 31.5 Å². The molecule has 0 atom stereocenters. The topological polar surface area (TPSA) is 197 Å². The first-order valence-corrected chi connectivity index (χ1v) is 13.8.